The molecule has 2 aromatic rings. The molecule has 1 heterocycles. The lowest BCUT2D eigenvalue weighted by molar-refractivity contribution is 0.415. The Labute approximate surface area is 108 Å². The number of halogens is 2. The largest absolute Gasteiger partial charge is 0.491 e. The summed E-state index contributed by atoms with van der Waals surface area (Å²) in [6, 6.07) is 5.12. The number of anilines is 1. The molecule has 0 saturated carbocycles. The van der Waals surface area contributed by atoms with Gasteiger partial charge in [-0.2, -0.15) is 0 Å². The van der Waals surface area contributed by atoms with E-state index in [4.69, 9.17) is 33.7 Å². The Kier molecular flexibility index (Phi) is 3.36. The van der Waals surface area contributed by atoms with Crippen LogP contribution in [-0.4, -0.2) is 17.1 Å². The Morgan fingerprint density at radius 3 is 2.65 bits per heavy atom. The van der Waals surface area contributed by atoms with Crippen LogP contribution in [0.2, 0.25) is 10.0 Å². The van der Waals surface area contributed by atoms with E-state index in [1.54, 1.807) is 18.2 Å². The number of ether oxygens (including phenoxy) is 1. The second-order valence-electron chi connectivity index (χ2n) is 3.26. The van der Waals surface area contributed by atoms with Crippen LogP contribution in [-0.2, 0) is 0 Å². The highest BCUT2D eigenvalue weighted by Crippen LogP contribution is 2.36. The first-order chi connectivity index (χ1) is 8.13. The van der Waals surface area contributed by atoms with Crippen LogP contribution in [0.25, 0.3) is 11.3 Å². The van der Waals surface area contributed by atoms with Gasteiger partial charge in [0, 0.05) is 10.6 Å². The molecule has 0 fully saturated rings. The maximum Gasteiger partial charge on any atom is 0.187 e. The van der Waals surface area contributed by atoms with E-state index in [0.717, 1.165) is 0 Å². The Morgan fingerprint density at radius 1 is 1.24 bits per heavy atom. The molecule has 6 heteroatoms. The summed E-state index contributed by atoms with van der Waals surface area (Å²) in [4.78, 5) is 7.98. The normalized spacial score (nSPS) is 10.3. The Hall–Kier alpha value is -1.52. The minimum Gasteiger partial charge on any atom is -0.491 e. The summed E-state index contributed by atoms with van der Waals surface area (Å²) < 4.78 is 5.17. The van der Waals surface area contributed by atoms with Crippen LogP contribution in [0.4, 0.5) is 5.82 Å². The van der Waals surface area contributed by atoms with Crippen molar-refractivity contribution in [1.29, 1.82) is 0 Å². The zero-order chi connectivity index (χ0) is 12.4. The van der Waals surface area contributed by atoms with E-state index in [9.17, 15) is 0 Å². The number of nitrogen functional groups attached to an aromatic ring is 1. The molecule has 1 aromatic carbocycles. The summed E-state index contributed by atoms with van der Waals surface area (Å²) >= 11 is 11.9. The Bertz CT molecular complexity index is 560. The fourth-order valence-corrected chi connectivity index (χ4v) is 1.96. The quantitative estimate of drug-likeness (QED) is 0.911. The molecule has 0 aliphatic heterocycles. The van der Waals surface area contributed by atoms with Gasteiger partial charge in [0.15, 0.2) is 11.6 Å². The minimum absolute atomic E-state index is 0.267. The van der Waals surface area contributed by atoms with Gasteiger partial charge in [-0.1, -0.05) is 23.2 Å². The number of benzene rings is 1. The molecular formula is C11H9Cl2N3O. The Balaban J connectivity index is 2.64. The lowest BCUT2D eigenvalue weighted by Crippen LogP contribution is -2.00. The third kappa shape index (κ3) is 2.28. The van der Waals surface area contributed by atoms with E-state index in [2.05, 4.69) is 9.97 Å². The molecule has 0 spiro atoms. The van der Waals surface area contributed by atoms with Crippen molar-refractivity contribution in [3.8, 4) is 17.0 Å². The Morgan fingerprint density at radius 2 is 2.00 bits per heavy atom. The summed E-state index contributed by atoms with van der Waals surface area (Å²) in [7, 11) is 1.50. The van der Waals surface area contributed by atoms with Crippen LogP contribution in [0, 0.1) is 0 Å². The highest BCUT2D eigenvalue weighted by molar-refractivity contribution is 6.36. The van der Waals surface area contributed by atoms with Crippen molar-refractivity contribution in [3.63, 3.8) is 0 Å². The third-order valence-electron chi connectivity index (χ3n) is 2.22. The van der Waals surface area contributed by atoms with E-state index < -0.39 is 0 Å². The van der Waals surface area contributed by atoms with Gasteiger partial charge in [-0.15, -0.1) is 0 Å². The van der Waals surface area contributed by atoms with Crippen molar-refractivity contribution in [2.45, 2.75) is 0 Å². The number of methoxy groups -OCH3 is 1. The third-order valence-corrected chi connectivity index (χ3v) is 2.77. The van der Waals surface area contributed by atoms with E-state index in [1.807, 2.05) is 0 Å². The lowest BCUT2D eigenvalue weighted by atomic mass is 10.1. The summed E-state index contributed by atoms with van der Waals surface area (Å²) in [6.07, 6.45) is 1.36. The summed E-state index contributed by atoms with van der Waals surface area (Å²) in [5.74, 6) is 0.667. The summed E-state index contributed by atoms with van der Waals surface area (Å²) in [5, 5.41) is 1.04. The molecule has 2 rings (SSSR count). The van der Waals surface area contributed by atoms with Gasteiger partial charge in [0.05, 0.1) is 12.1 Å². The van der Waals surface area contributed by atoms with Gasteiger partial charge in [-0.05, 0) is 18.2 Å². The van der Waals surface area contributed by atoms with E-state index >= 15 is 0 Å². The van der Waals surface area contributed by atoms with Crippen molar-refractivity contribution < 1.29 is 4.74 Å². The molecule has 0 aliphatic rings. The number of nitrogens with zero attached hydrogens (tertiary/aromatic N) is 2. The van der Waals surface area contributed by atoms with Crippen molar-refractivity contribution >= 4 is 29.0 Å². The molecule has 88 valence electrons. The average molecular weight is 270 g/mol. The average Bonchev–Trinajstić information content (AvgIpc) is 2.29. The SMILES string of the molecule is COc1c(N)ncnc1-c1ccc(Cl)cc1Cl. The first-order valence-corrected chi connectivity index (χ1v) is 5.49. The van der Waals surface area contributed by atoms with Crippen molar-refractivity contribution in [1.82, 2.24) is 9.97 Å². The second-order valence-corrected chi connectivity index (χ2v) is 4.11. The monoisotopic (exact) mass is 269 g/mol. The van der Waals surface area contributed by atoms with Crippen LogP contribution in [0.5, 0.6) is 5.75 Å². The maximum absolute atomic E-state index is 6.10. The second kappa shape index (κ2) is 4.77. The molecule has 0 unspecified atom stereocenters. The topological polar surface area (TPSA) is 61.0 Å². The lowest BCUT2D eigenvalue weighted by Gasteiger charge is -2.10. The standard InChI is InChI=1S/C11H9Cl2N3O/c1-17-10-9(15-5-16-11(10)14)7-3-2-6(12)4-8(7)13/h2-5H,1H3,(H2,14,15,16). The van der Waals surface area contributed by atoms with Gasteiger partial charge < -0.3 is 10.5 Å². The van der Waals surface area contributed by atoms with Crippen molar-refractivity contribution in [2.24, 2.45) is 0 Å². The molecule has 0 atom stereocenters. The molecule has 0 radical (unpaired) electrons. The molecule has 0 amide bonds. The zero-order valence-electron chi connectivity index (χ0n) is 8.95. The zero-order valence-corrected chi connectivity index (χ0v) is 10.5. The predicted molar refractivity (Wildman–Crippen MR) is 68.5 cm³/mol. The van der Waals surface area contributed by atoms with Gasteiger partial charge in [0.25, 0.3) is 0 Å². The van der Waals surface area contributed by atoms with E-state index in [0.29, 0.717) is 27.1 Å². The molecule has 1 aromatic heterocycles. The minimum atomic E-state index is 0.267. The molecule has 4 nitrogen and oxygen atoms in total. The molecule has 17 heavy (non-hydrogen) atoms. The van der Waals surface area contributed by atoms with Crippen LogP contribution < -0.4 is 10.5 Å². The number of rotatable bonds is 2. The fourth-order valence-electron chi connectivity index (χ4n) is 1.46. The highest BCUT2D eigenvalue weighted by atomic mass is 35.5. The fraction of sp³-hybridized carbons (Fsp3) is 0.0909. The van der Waals surface area contributed by atoms with Crippen LogP contribution in [0.3, 0.4) is 0 Å². The molecule has 2 N–H and O–H groups in total. The molecule has 0 saturated heterocycles. The van der Waals surface area contributed by atoms with Crippen molar-refractivity contribution in [3.05, 3.63) is 34.6 Å². The van der Waals surface area contributed by atoms with Crippen LogP contribution in [0.1, 0.15) is 0 Å². The number of hydrogen-bond acceptors (Lipinski definition) is 4. The first-order valence-electron chi connectivity index (χ1n) is 4.73. The summed E-state index contributed by atoms with van der Waals surface area (Å²) in [5.41, 5.74) is 6.94. The first kappa shape index (κ1) is 12.0. The van der Waals surface area contributed by atoms with E-state index in [-0.39, 0.29) is 5.82 Å². The molecular weight excluding hydrogens is 261 g/mol. The highest BCUT2D eigenvalue weighted by Gasteiger charge is 2.14. The number of aromatic nitrogens is 2. The van der Waals surface area contributed by atoms with Gasteiger partial charge in [-0.3, -0.25) is 0 Å². The molecule has 0 aliphatic carbocycles. The van der Waals surface area contributed by atoms with Gasteiger partial charge >= 0.3 is 0 Å². The van der Waals surface area contributed by atoms with Gasteiger partial charge in [0.2, 0.25) is 0 Å². The van der Waals surface area contributed by atoms with Gasteiger partial charge in [0.1, 0.15) is 12.0 Å². The predicted octanol–water partition coefficient (Wildman–Crippen LogP) is 3.04. The molecule has 0 bridgehead atoms. The van der Waals surface area contributed by atoms with Crippen LogP contribution >= 0.6 is 23.2 Å². The van der Waals surface area contributed by atoms with Gasteiger partial charge in [-0.25, -0.2) is 9.97 Å². The van der Waals surface area contributed by atoms with Crippen molar-refractivity contribution in [2.75, 3.05) is 12.8 Å². The smallest absolute Gasteiger partial charge is 0.187 e. The number of hydrogen-bond donors (Lipinski definition) is 1. The number of nitrogens with two attached hydrogens (primary N) is 1. The maximum atomic E-state index is 6.10. The summed E-state index contributed by atoms with van der Waals surface area (Å²) in [6.45, 7) is 0. The van der Waals surface area contributed by atoms with E-state index in [1.165, 1.54) is 13.4 Å². The van der Waals surface area contributed by atoms with Crippen LogP contribution in [0.15, 0.2) is 24.5 Å².